The second-order valence-corrected chi connectivity index (χ2v) is 1.73. The van der Waals surface area contributed by atoms with Gasteiger partial charge in [0.15, 0.2) is 5.43 Å². The first kappa shape index (κ1) is 3.68. The van der Waals surface area contributed by atoms with Crippen molar-refractivity contribution in [2.24, 2.45) is 0 Å². The molecule has 0 aliphatic rings. The van der Waals surface area contributed by atoms with Crippen molar-refractivity contribution in [3.63, 3.8) is 0 Å². The van der Waals surface area contributed by atoms with E-state index in [1.807, 2.05) is 0 Å². The molecule has 0 aromatic heterocycles. The van der Waals surface area contributed by atoms with Gasteiger partial charge in [0.05, 0.1) is 0 Å². The van der Waals surface area contributed by atoms with Crippen molar-refractivity contribution in [3.8, 4) is 0 Å². The molecule has 0 spiro atoms. The molecule has 2 aromatic carbocycles. The van der Waals surface area contributed by atoms with E-state index in [2.05, 4.69) is 12.1 Å². The fourth-order valence-electron chi connectivity index (χ4n) is 0.713. The molecule has 0 heterocycles. The summed E-state index contributed by atoms with van der Waals surface area (Å²) in [5.74, 6) is 0. The van der Waals surface area contributed by atoms with E-state index in [0.717, 1.165) is 10.8 Å². The Morgan fingerprint density at radius 2 is 1.62 bits per heavy atom. The summed E-state index contributed by atoms with van der Waals surface area (Å²) >= 11 is 0. The third-order valence-electron chi connectivity index (χ3n) is 1.23. The van der Waals surface area contributed by atoms with Crippen LogP contribution in [-0.4, -0.2) is 0 Å². The highest BCUT2D eigenvalue weighted by Gasteiger charge is 2.07. The van der Waals surface area contributed by atoms with E-state index in [1.54, 1.807) is 12.1 Å². The first-order chi connectivity index (χ1) is 3.89. The van der Waals surface area contributed by atoms with Gasteiger partial charge in [0.1, 0.15) is 0 Å². The highest BCUT2D eigenvalue weighted by Crippen LogP contribution is 2.08. The molecule has 0 aliphatic heterocycles. The van der Waals surface area contributed by atoms with Gasteiger partial charge in [-0.25, -0.2) is 0 Å². The summed E-state index contributed by atoms with van der Waals surface area (Å²) in [6.07, 6.45) is 0. The minimum absolute atomic E-state index is 0.155. The van der Waals surface area contributed by atoms with Gasteiger partial charge in [0, 0.05) is 22.9 Å². The molecule has 0 saturated carbocycles. The van der Waals surface area contributed by atoms with Gasteiger partial charge in [-0.2, -0.15) is 0 Å². The highest BCUT2D eigenvalue weighted by atomic mass is 16.1. The van der Waals surface area contributed by atoms with E-state index in [4.69, 9.17) is 0 Å². The van der Waals surface area contributed by atoms with Gasteiger partial charge in [-0.05, 0) is 0 Å². The van der Waals surface area contributed by atoms with Gasteiger partial charge in [0.25, 0.3) is 0 Å². The predicted octanol–water partition coefficient (Wildman–Crippen LogP) is 0.676. The van der Waals surface area contributed by atoms with Gasteiger partial charge in [-0.3, -0.25) is 4.79 Å². The molecule has 0 unspecified atom stereocenters. The highest BCUT2D eigenvalue weighted by molar-refractivity contribution is 5.96. The zero-order valence-corrected chi connectivity index (χ0v) is 4.06. The molecular formula is C7H2O. The molecule has 0 radical (unpaired) electrons. The van der Waals surface area contributed by atoms with Crippen LogP contribution in [0.2, 0.25) is 0 Å². The van der Waals surface area contributed by atoms with E-state index >= 15 is 0 Å². The van der Waals surface area contributed by atoms with Gasteiger partial charge in [0.2, 0.25) is 0 Å². The molecule has 0 fully saturated rings. The van der Waals surface area contributed by atoms with Crippen LogP contribution in [0.1, 0.15) is 0 Å². The Hall–Kier alpha value is -1.29. The maximum absolute atomic E-state index is 10.5. The average molecular weight is 102 g/mol. The van der Waals surface area contributed by atoms with E-state index in [1.165, 1.54) is 0 Å². The quantitative estimate of drug-likeness (QED) is 0.478. The summed E-state index contributed by atoms with van der Waals surface area (Å²) in [6, 6.07) is 8.72. The third kappa shape index (κ3) is 0.263. The van der Waals surface area contributed by atoms with Crippen LogP contribution in [-0.2, 0) is 0 Å². The van der Waals surface area contributed by atoms with Gasteiger partial charge >= 0.3 is 0 Å². The molecule has 0 aliphatic carbocycles. The molecule has 0 saturated heterocycles. The second-order valence-electron chi connectivity index (χ2n) is 1.73. The molecule has 36 valence electrons. The molecule has 1 nitrogen and oxygen atoms in total. The number of fused-ring (bicyclic) bond motifs is 1. The Morgan fingerprint density at radius 3 is 2.00 bits per heavy atom. The number of rotatable bonds is 0. The maximum atomic E-state index is 10.5. The van der Waals surface area contributed by atoms with Crippen molar-refractivity contribution < 1.29 is 0 Å². The Kier molecular flexibility index (Phi) is 0.425. The van der Waals surface area contributed by atoms with Crippen molar-refractivity contribution in [3.05, 3.63) is 34.5 Å². The zero-order chi connectivity index (χ0) is 5.56. The standard InChI is InChI=1S/C7H2O/c8-7-5-3-1-2-4-6(5)7/h3-4H. The van der Waals surface area contributed by atoms with Gasteiger partial charge in [-0.15, -0.1) is 0 Å². The topological polar surface area (TPSA) is 17.1 Å². The Morgan fingerprint density at radius 1 is 1.12 bits per heavy atom. The summed E-state index contributed by atoms with van der Waals surface area (Å²) in [6.45, 7) is 0. The Balaban J connectivity index is 3.03. The average Bonchev–Trinajstić information content (AvgIpc) is 2.46. The molecule has 0 atom stereocenters. The maximum Gasteiger partial charge on any atom is 0.195 e. The van der Waals surface area contributed by atoms with Crippen LogP contribution in [0.5, 0.6) is 0 Å². The molecule has 2 rings (SSSR count). The lowest BCUT2D eigenvalue weighted by molar-refractivity contribution is 1.97. The van der Waals surface area contributed by atoms with Crippen LogP contribution in [0.15, 0.2) is 16.9 Å². The summed E-state index contributed by atoms with van der Waals surface area (Å²) in [7, 11) is 0. The summed E-state index contributed by atoms with van der Waals surface area (Å²) < 4.78 is 0. The van der Waals surface area contributed by atoms with Crippen molar-refractivity contribution >= 4 is 10.8 Å². The van der Waals surface area contributed by atoms with E-state index in [-0.39, 0.29) is 5.43 Å². The minimum Gasteiger partial charge on any atom is -0.289 e. The number of hydrogen-bond acceptors (Lipinski definition) is 1. The molecular weight excluding hydrogens is 100 g/mol. The molecule has 0 bridgehead atoms. The van der Waals surface area contributed by atoms with Crippen LogP contribution in [0.25, 0.3) is 10.8 Å². The Labute approximate surface area is 46.2 Å². The monoisotopic (exact) mass is 102 g/mol. The van der Waals surface area contributed by atoms with Crippen molar-refractivity contribution in [1.82, 2.24) is 0 Å². The van der Waals surface area contributed by atoms with Crippen LogP contribution in [0.3, 0.4) is 0 Å². The number of hydrogen-bond donors (Lipinski definition) is 0. The van der Waals surface area contributed by atoms with E-state index in [9.17, 15) is 4.79 Å². The normalized spacial score (nSPS) is 10.0. The smallest absolute Gasteiger partial charge is 0.195 e. The molecule has 0 amide bonds. The van der Waals surface area contributed by atoms with Crippen LogP contribution < -0.4 is 5.43 Å². The third-order valence-corrected chi connectivity index (χ3v) is 1.23. The van der Waals surface area contributed by atoms with Crippen LogP contribution in [0.4, 0.5) is 0 Å². The van der Waals surface area contributed by atoms with Crippen LogP contribution in [0, 0.1) is 12.1 Å². The summed E-state index contributed by atoms with van der Waals surface area (Å²) in [5, 5.41) is 1.62. The van der Waals surface area contributed by atoms with Crippen molar-refractivity contribution in [1.29, 1.82) is 0 Å². The predicted molar refractivity (Wildman–Crippen MR) is 30.3 cm³/mol. The summed E-state index contributed by atoms with van der Waals surface area (Å²) in [4.78, 5) is 10.5. The molecule has 1 heteroatoms. The van der Waals surface area contributed by atoms with Crippen molar-refractivity contribution in [2.75, 3.05) is 0 Å². The summed E-state index contributed by atoms with van der Waals surface area (Å²) in [5.41, 5.74) is 0.155. The molecule has 8 heavy (non-hydrogen) atoms. The SMILES string of the molecule is O=c1c2cc#ccc12. The van der Waals surface area contributed by atoms with Gasteiger partial charge < -0.3 is 0 Å². The first-order valence-electron chi connectivity index (χ1n) is 2.36. The van der Waals surface area contributed by atoms with E-state index < -0.39 is 0 Å². The lowest BCUT2D eigenvalue weighted by atomic mass is 10.4. The fourth-order valence-corrected chi connectivity index (χ4v) is 0.713. The lowest BCUT2D eigenvalue weighted by Crippen LogP contribution is -1.66. The first-order valence-corrected chi connectivity index (χ1v) is 2.36. The lowest BCUT2D eigenvalue weighted by Gasteiger charge is -1.57. The van der Waals surface area contributed by atoms with Crippen molar-refractivity contribution in [2.45, 2.75) is 0 Å². The zero-order valence-electron chi connectivity index (χ0n) is 4.06. The van der Waals surface area contributed by atoms with Crippen LogP contribution >= 0.6 is 0 Å². The van der Waals surface area contributed by atoms with Gasteiger partial charge in [-0.1, -0.05) is 12.1 Å². The molecule has 2 aromatic rings. The largest absolute Gasteiger partial charge is 0.289 e. The fraction of sp³-hybridized carbons (Fsp3) is 0. The van der Waals surface area contributed by atoms with E-state index in [0.29, 0.717) is 0 Å². The minimum atomic E-state index is 0.155. The molecule has 0 N–H and O–H groups in total. The Bertz CT molecular complexity index is 295. The second kappa shape index (κ2) is 0.924.